The molecule has 2 aliphatic heterocycles. The highest BCUT2D eigenvalue weighted by Crippen LogP contribution is 2.40. The van der Waals surface area contributed by atoms with E-state index in [1.165, 1.54) is 7.11 Å². The molecular formula is C16H27NO8. The summed E-state index contributed by atoms with van der Waals surface area (Å²) in [7, 11) is 1.46. The van der Waals surface area contributed by atoms with E-state index in [0.717, 1.165) is 0 Å². The van der Waals surface area contributed by atoms with Crippen molar-refractivity contribution in [2.24, 2.45) is 0 Å². The Kier molecular flexibility index (Phi) is 5.62. The number of carboxylic acids is 1. The fourth-order valence-corrected chi connectivity index (χ4v) is 3.00. The summed E-state index contributed by atoms with van der Waals surface area (Å²) in [5.41, 5.74) is -0.707. The van der Waals surface area contributed by atoms with Gasteiger partial charge in [0, 0.05) is 7.11 Å². The van der Waals surface area contributed by atoms with E-state index in [1.807, 2.05) is 0 Å². The van der Waals surface area contributed by atoms with E-state index in [4.69, 9.17) is 23.7 Å². The number of hydrogen-bond acceptors (Lipinski definition) is 7. The van der Waals surface area contributed by atoms with E-state index in [-0.39, 0.29) is 6.42 Å². The molecule has 2 fully saturated rings. The molecule has 2 saturated heterocycles. The molecule has 0 spiro atoms. The van der Waals surface area contributed by atoms with Crippen LogP contribution in [0.5, 0.6) is 0 Å². The molecule has 0 aromatic heterocycles. The molecule has 1 amide bonds. The smallest absolute Gasteiger partial charge is 0.407 e. The Hall–Kier alpha value is -1.42. The maximum Gasteiger partial charge on any atom is 0.407 e. The van der Waals surface area contributed by atoms with Crippen molar-refractivity contribution >= 4 is 12.1 Å². The van der Waals surface area contributed by atoms with Gasteiger partial charge in [0.2, 0.25) is 0 Å². The van der Waals surface area contributed by atoms with E-state index in [9.17, 15) is 14.7 Å². The summed E-state index contributed by atoms with van der Waals surface area (Å²) < 4.78 is 27.9. The zero-order chi connectivity index (χ0) is 19.0. The SMILES string of the molecule is CO[C@H]1O[C@H]([C@@H](CC(=O)O)NC(=O)OC(C)(C)C)[C@@H]2OC(C)(C)O[C@H]12. The maximum absolute atomic E-state index is 12.1. The Morgan fingerprint density at radius 2 is 1.84 bits per heavy atom. The summed E-state index contributed by atoms with van der Waals surface area (Å²) in [6.07, 6.45) is -3.62. The molecule has 0 unspecified atom stereocenters. The van der Waals surface area contributed by atoms with Gasteiger partial charge in [-0.3, -0.25) is 4.79 Å². The van der Waals surface area contributed by atoms with Gasteiger partial charge in [-0.15, -0.1) is 0 Å². The molecule has 144 valence electrons. The number of amides is 1. The second kappa shape index (κ2) is 7.06. The molecule has 2 heterocycles. The summed E-state index contributed by atoms with van der Waals surface area (Å²) in [5, 5.41) is 11.8. The third-order valence-corrected chi connectivity index (χ3v) is 3.77. The fraction of sp³-hybridized carbons (Fsp3) is 0.875. The largest absolute Gasteiger partial charge is 0.481 e. The number of carbonyl (C=O) groups is 2. The Bertz CT molecular complexity index is 515. The molecule has 9 heteroatoms. The number of rotatable bonds is 5. The zero-order valence-corrected chi connectivity index (χ0v) is 15.4. The van der Waals surface area contributed by atoms with Crippen molar-refractivity contribution in [1.29, 1.82) is 0 Å². The molecule has 0 bridgehead atoms. The molecule has 2 N–H and O–H groups in total. The van der Waals surface area contributed by atoms with Crippen molar-refractivity contribution < 1.29 is 38.4 Å². The van der Waals surface area contributed by atoms with Crippen LogP contribution < -0.4 is 5.32 Å². The van der Waals surface area contributed by atoms with Gasteiger partial charge < -0.3 is 34.1 Å². The van der Waals surface area contributed by atoms with Crippen molar-refractivity contribution in [3.8, 4) is 0 Å². The third-order valence-electron chi connectivity index (χ3n) is 3.77. The van der Waals surface area contributed by atoms with Crippen LogP contribution in [0.2, 0.25) is 0 Å². The standard InChI is InChI=1S/C16H27NO8/c1-15(2,3)25-14(20)17-8(7-9(18)19)10-11-12(13(21-6)22-10)24-16(4,5)23-11/h8,10-13H,7H2,1-6H3,(H,17,20)(H,18,19)/t8-,10-,11+,12+,13+/m1/s1. The average molecular weight is 361 g/mol. The summed E-state index contributed by atoms with van der Waals surface area (Å²) >= 11 is 0. The predicted octanol–water partition coefficient (Wildman–Crippen LogP) is 1.25. The molecule has 9 nitrogen and oxygen atoms in total. The Balaban J connectivity index is 2.16. The summed E-state index contributed by atoms with van der Waals surface area (Å²) in [6.45, 7) is 8.67. The summed E-state index contributed by atoms with van der Waals surface area (Å²) in [5.74, 6) is -1.94. The molecule has 5 atom stereocenters. The second-order valence-electron chi connectivity index (χ2n) is 7.62. The topological polar surface area (TPSA) is 113 Å². The molecule has 0 aliphatic carbocycles. The van der Waals surface area contributed by atoms with Crippen LogP contribution in [-0.4, -0.2) is 66.3 Å². The molecule has 0 aromatic carbocycles. The van der Waals surface area contributed by atoms with Crippen molar-refractivity contribution in [3.63, 3.8) is 0 Å². The highest BCUT2D eigenvalue weighted by atomic mass is 16.8. The van der Waals surface area contributed by atoms with Crippen LogP contribution in [0.3, 0.4) is 0 Å². The number of hydrogen-bond donors (Lipinski definition) is 2. The first-order valence-electron chi connectivity index (χ1n) is 8.17. The highest BCUT2D eigenvalue weighted by molar-refractivity contribution is 5.71. The van der Waals surface area contributed by atoms with Gasteiger partial charge in [0.1, 0.15) is 23.9 Å². The summed E-state index contributed by atoms with van der Waals surface area (Å²) in [6, 6.07) is -0.863. The monoisotopic (exact) mass is 361 g/mol. The molecule has 2 aliphatic rings. The predicted molar refractivity (Wildman–Crippen MR) is 84.9 cm³/mol. The van der Waals surface area contributed by atoms with Crippen molar-refractivity contribution in [3.05, 3.63) is 0 Å². The molecule has 2 rings (SSSR count). The minimum Gasteiger partial charge on any atom is -0.481 e. The quantitative estimate of drug-likeness (QED) is 0.752. The van der Waals surface area contributed by atoms with Crippen LogP contribution in [0.1, 0.15) is 41.0 Å². The average Bonchev–Trinajstić information content (AvgIpc) is 2.87. The number of fused-ring (bicyclic) bond motifs is 1. The number of aliphatic carboxylic acids is 1. The Labute approximate surface area is 146 Å². The van der Waals surface area contributed by atoms with Gasteiger partial charge in [-0.1, -0.05) is 0 Å². The van der Waals surface area contributed by atoms with Gasteiger partial charge in [0.05, 0.1) is 12.5 Å². The number of alkyl carbamates (subject to hydrolysis) is 1. The first-order chi connectivity index (χ1) is 11.4. The zero-order valence-electron chi connectivity index (χ0n) is 15.4. The lowest BCUT2D eigenvalue weighted by Gasteiger charge is -2.29. The lowest BCUT2D eigenvalue weighted by Crippen LogP contribution is -2.51. The third kappa shape index (κ3) is 5.04. The van der Waals surface area contributed by atoms with Crippen LogP contribution in [0.15, 0.2) is 0 Å². The number of ether oxygens (including phenoxy) is 5. The van der Waals surface area contributed by atoms with Gasteiger partial charge in [-0.05, 0) is 34.6 Å². The number of methoxy groups -OCH3 is 1. The Morgan fingerprint density at radius 3 is 2.36 bits per heavy atom. The highest BCUT2D eigenvalue weighted by Gasteiger charge is 2.57. The van der Waals surface area contributed by atoms with Crippen LogP contribution >= 0.6 is 0 Å². The van der Waals surface area contributed by atoms with Gasteiger partial charge in [0.25, 0.3) is 0 Å². The normalized spacial score (nSPS) is 32.1. The van der Waals surface area contributed by atoms with E-state index in [0.29, 0.717) is 0 Å². The molecule has 0 saturated carbocycles. The Morgan fingerprint density at radius 1 is 1.24 bits per heavy atom. The lowest BCUT2D eigenvalue weighted by atomic mass is 10.0. The van der Waals surface area contributed by atoms with E-state index in [2.05, 4.69) is 5.32 Å². The van der Waals surface area contributed by atoms with Crippen molar-refractivity contribution in [2.75, 3.05) is 7.11 Å². The number of carbonyl (C=O) groups excluding carboxylic acids is 1. The van der Waals surface area contributed by atoms with E-state index in [1.54, 1.807) is 34.6 Å². The number of carboxylic acid groups (broad SMARTS) is 1. The molecule has 0 aromatic rings. The minimum atomic E-state index is -1.08. The lowest BCUT2D eigenvalue weighted by molar-refractivity contribution is -0.230. The molecular weight excluding hydrogens is 334 g/mol. The van der Waals surface area contributed by atoms with Crippen LogP contribution in [-0.2, 0) is 28.5 Å². The number of nitrogens with one attached hydrogen (secondary N) is 1. The van der Waals surface area contributed by atoms with Crippen LogP contribution in [0.25, 0.3) is 0 Å². The minimum absolute atomic E-state index is 0.354. The van der Waals surface area contributed by atoms with Crippen LogP contribution in [0, 0.1) is 0 Å². The first-order valence-corrected chi connectivity index (χ1v) is 8.17. The first kappa shape index (κ1) is 19.9. The van der Waals surface area contributed by atoms with Crippen LogP contribution in [0.4, 0.5) is 4.79 Å². The van der Waals surface area contributed by atoms with Gasteiger partial charge in [-0.2, -0.15) is 0 Å². The maximum atomic E-state index is 12.1. The second-order valence-corrected chi connectivity index (χ2v) is 7.62. The fourth-order valence-electron chi connectivity index (χ4n) is 3.00. The van der Waals surface area contributed by atoms with Gasteiger partial charge in [0.15, 0.2) is 12.1 Å². The summed E-state index contributed by atoms with van der Waals surface area (Å²) in [4.78, 5) is 23.3. The van der Waals surface area contributed by atoms with Crippen molar-refractivity contribution in [1.82, 2.24) is 5.32 Å². The molecule has 25 heavy (non-hydrogen) atoms. The van der Waals surface area contributed by atoms with E-state index >= 15 is 0 Å². The van der Waals surface area contributed by atoms with Crippen molar-refractivity contribution in [2.45, 2.75) is 83.1 Å². The van der Waals surface area contributed by atoms with Gasteiger partial charge in [-0.25, -0.2) is 4.79 Å². The van der Waals surface area contributed by atoms with E-state index < -0.39 is 54.1 Å². The van der Waals surface area contributed by atoms with Gasteiger partial charge >= 0.3 is 12.1 Å². The molecule has 0 radical (unpaired) electrons.